The van der Waals surface area contributed by atoms with Gasteiger partial charge in [-0.25, -0.2) is 18.7 Å². The first-order valence-electron chi connectivity index (χ1n) is 10.5. The predicted octanol–water partition coefficient (Wildman–Crippen LogP) is 4.38. The van der Waals surface area contributed by atoms with Crippen molar-refractivity contribution < 1.29 is 8.78 Å². The van der Waals surface area contributed by atoms with E-state index in [0.29, 0.717) is 17.1 Å². The highest BCUT2D eigenvalue weighted by Crippen LogP contribution is 2.41. The van der Waals surface area contributed by atoms with Crippen LogP contribution in [0.25, 0.3) is 28.3 Å². The van der Waals surface area contributed by atoms with Crippen molar-refractivity contribution in [2.45, 2.75) is 46.2 Å². The lowest BCUT2D eigenvalue weighted by molar-refractivity contribution is 0.496. The van der Waals surface area contributed by atoms with Gasteiger partial charge in [0.2, 0.25) is 0 Å². The Morgan fingerprint density at radius 2 is 1.94 bits per heavy atom. The average molecular weight is 436 g/mol. The van der Waals surface area contributed by atoms with E-state index in [1.165, 1.54) is 12.1 Å². The van der Waals surface area contributed by atoms with Crippen molar-refractivity contribution in [1.29, 1.82) is 0 Å². The van der Waals surface area contributed by atoms with Crippen LogP contribution in [0.1, 0.15) is 44.9 Å². The van der Waals surface area contributed by atoms with Crippen LogP contribution in [0.3, 0.4) is 0 Å². The van der Waals surface area contributed by atoms with E-state index in [1.807, 2.05) is 11.5 Å². The highest BCUT2D eigenvalue weighted by atomic mass is 19.1. The lowest BCUT2D eigenvalue weighted by Crippen LogP contribution is -2.40. The van der Waals surface area contributed by atoms with Crippen molar-refractivity contribution in [2.75, 3.05) is 4.90 Å². The lowest BCUT2D eigenvalue weighted by Gasteiger charge is -2.39. The summed E-state index contributed by atoms with van der Waals surface area (Å²) in [5.74, 6) is 1.44. The molecule has 0 bridgehead atoms. The second-order valence-electron chi connectivity index (χ2n) is 8.05. The summed E-state index contributed by atoms with van der Waals surface area (Å²) in [5, 5.41) is 15.6. The summed E-state index contributed by atoms with van der Waals surface area (Å²) in [5.41, 5.74) is 1.91. The van der Waals surface area contributed by atoms with Crippen LogP contribution in [-0.2, 0) is 0 Å². The number of anilines is 1. The molecule has 0 amide bonds. The van der Waals surface area contributed by atoms with Gasteiger partial charge in [-0.05, 0) is 39.3 Å². The fourth-order valence-electron chi connectivity index (χ4n) is 4.35. The molecule has 1 unspecified atom stereocenters. The molecule has 0 spiro atoms. The van der Waals surface area contributed by atoms with Gasteiger partial charge in [0.1, 0.15) is 23.1 Å². The first-order valence-corrected chi connectivity index (χ1v) is 10.5. The molecular formula is C22H22F2N8. The zero-order chi connectivity index (χ0) is 22.6. The molecule has 10 heteroatoms. The maximum Gasteiger partial charge on any atom is 0.165 e. The fourth-order valence-corrected chi connectivity index (χ4v) is 4.35. The Morgan fingerprint density at radius 1 is 1.12 bits per heavy atom. The van der Waals surface area contributed by atoms with E-state index in [2.05, 4.69) is 51.0 Å². The smallest absolute Gasteiger partial charge is 0.165 e. The van der Waals surface area contributed by atoms with Gasteiger partial charge in [-0.15, -0.1) is 10.2 Å². The molecule has 0 radical (unpaired) electrons. The van der Waals surface area contributed by atoms with Gasteiger partial charge >= 0.3 is 0 Å². The fraction of sp³-hybridized carbons (Fsp3) is 0.318. The van der Waals surface area contributed by atoms with Gasteiger partial charge in [0, 0.05) is 17.7 Å². The number of aromatic amines is 1. The van der Waals surface area contributed by atoms with Crippen LogP contribution >= 0.6 is 0 Å². The number of nitrogens with one attached hydrogen (secondary N) is 1. The minimum atomic E-state index is -0.687. The Kier molecular flexibility index (Phi) is 4.72. The van der Waals surface area contributed by atoms with Gasteiger partial charge in [-0.2, -0.15) is 5.10 Å². The predicted molar refractivity (Wildman–Crippen MR) is 115 cm³/mol. The third-order valence-electron chi connectivity index (χ3n) is 5.74. The standard InChI is InChI=1S/C22H22F2N8/c1-5-17-22-30-28-12(4)32(22)18-10-25-20(27-21(18)31(17)11(2)3)15-9-26-29-19(15)14-7-6-13(23)8-16(14)24/h6-11,17H,5H2,1-4H3,(H,26,29). The number of fused-ring (bicyclic) bond motifs is 3. The molecule has 0 fully saturated rings. The number of aryl methyl sites for hydroxylation is 1. The lowest BCUT2D eigenvalue weighted by atomic mass is 10.1. The normalized spacial score (nSPS) is 15.2. The topological polar surface area (TPSA) is 88.4 Å². The second-order valence-corrected chi connectivity index (χ2v) is 8.05. The molecule has 3 aromatic heterocycles. The van der Waals surface area contributed by atoms with E-state index < -0.39 is 11.6 Å². The number of rotatable bonds is 4. The van der Waals surface area contributed by atoms with E-state index >= 15 is 0 Å². The molecule has 0 aliphatic carbocycles. The number of H-pyrrole nitrogens is 1. The number of aromatic nitrogens is 7. The van der Waals surface area contributed by atoms with Gasteiger partial charge in [0.15, 0.2) is 17.5 Å². The van der Waals surface area contributed by atoms with Gasteiger partial charge in [-0.1, -0.05) is 6.92 Å². The Balaban J connectivity index is 1.69. The highest BCUT2D eigenvalue weighted by molar-refractivity contribution is 5.78. The number of halogens is 2. The van der Waals surface area contributed by atoms with Crippen LogP contribution in [0, 0.1) is 18.6 Å². The van der Waals surface area contributed by atoms with Gasteiger partial charge in [0.05, 0.1) is 29.7 Å². The molecule has 1 aromatic carbocycles. The van der Waals surface area contributed by atoms with Crippen LogP contribution in [0.4, 0.5) is 14.6 Å². The molecule has 4 heterocycles. The second kappa shape index (κ2) is 7.47. The zero-order valence-electron chi connectivity index (χ0n) is 18.1. The Morgan fingerprint density at radius 3 is 2.66 bits per heavy atom. The summed E-state index contributed by atoms with van der Waals surface area (Å²) >= 11 is 0. The summed E-state index contributed by atoms with van der Waals surface area (Å²) in [6.07, 6.45) is 4.11. The summed E-state index contributed by atoms with van der Waals surface area (Å²) in [7, 11) is 0. The Bertz CT molecular complexity index is 1310. The highest BCUT2D eigenvalue weighted by Gasteiger charge is 2.36. The van der Waals surface area contributed by atoms with Gasteiger partial charge in [0.25, 0.3) is 0 Å². The maximum absolute atomic E-state index is 14.5. The maximum atomic E-state index is 14.5. The number of hydrogen-bond donors (Lipinski definition) is 1. The summed E-state index contributed by atoms with van der Waals surface area (Å²) in [4.78, 5) is 11.7. The molecule has 164 valence electrons. The molecule has 1 aliphatic heterocycles. The molecular weight excluding hydrogens is 414 g/mol. The molecule has 1 aliphatic rings. The van der Waals surface area contributed by atoms with Gasteiger partial charge in [-0.3, -0.25) is 9.67 Å². The molecule has 5 rings (SSSR count). The first-order chi connectivity index (χ1) is 15.4. The van der Waals surface area contributed by atoms with E-state index in [0.717, 1.165) is 35.6 Å². The van der Waals surface area contributed by atoms with E-state index in [1.54, 1.807) is 12.4 Å². The molecule has 8 nitrogen and oxygen atoms in total. The number of benzene rings is 1. The van der Waals surface area contributed by atoms with Gasteiger partial charge < -0.3 is 4.90 Å². The molecule has 1 atom stereocenters. The summed E-state index contributed by atoms with van der Waals surface area (Å²) in [6.45, 7) is 8.21. The van der Waals surface area contributed by atoms with Crippen LogP contribution in [0.5, 0.6) is 0 Å². The van der Waals surface area contributed by atoms with Crippen molar-refractivity contribution in [3.63, 3.8) is 0 Å². The largest absolute Gasteiger partial charge is 0.342 e. The van der Waals surface area contributed by atoms with Crippen LogP contribution in [0.2, 0.25) is 0 Å². The molecule has 1 N–H and O–H groups in total. The first kappa shape index (κ1) is 20.2. The molecule has 32 heavy (non-hydrogen) atoms. The number of hydrogen-bond acceptors (Lipinski definition) is 6. The van der Waals surface area contributed by atoms with Crippen molar-refractivity contribution in [3.05, 3.63) is 53.9 Å². The Hall–Kier alpha value is -3.69. The minimum absolute atomic E-state index is 0.00446. The monoisotopic (exact) mass is 436 g/mol. The molecule has 0 saturated heterocycles. The van der Waals surface area contributed by atoms with E-state index in [4.69, 9.17) is 4.98 Å². The van der Waals surface area contributed by atoms with E-state index in [9.17, 15) is 8.78 Å². The van der Waals surface area contributed by atoms with E-state index in [-0.39, 0.29) is 17.6 Å². The zero-order valence-corrected chi connectivity index (χ0v) is 18.1. The SMILES string of the molecule is CCC1c2nnc(C)n2-c2cnc(-c3cn[nH]c3-c3ccc(F)cc3F)nc2N1C(C)C. The van der Waals surface area contributed by atoms with Crippen LogP contribution in [0.15, 0.2) is 30.6 Å². The van der Waals surface area contributed by atoms with Crippen LogP contribution < -0.4 is 4.90 Å². The van der Waals surface area contributed by atoms with Crippen molar-refractivity contribution in [3.8, 4) is 28.3 Å². The van der Waals surface area contributed by atoms with Crippen molar-refractivity contribution >= 4 is 5.82 Å². The molecule has 0 saturated carbocycles. The average Bonchev–Trinajstić information content (AvgIpc) is 3.39. The summed E-state index contributed by atoms with van der Waals surface area (Å²) in [6, 6.07) is 3.58. The quantitative estimate of drug-likeness (QED) is 0.511. The number of nitrogens with zero attached hydrogens (tertiary/aromatic N) is 7. The third-order valence-corrected chi connectivity index (χ3v) is 5.74. The van der Waals surface area contributed by atoms with Crippen molar-refractivity contribution in [2.24, 2.45) is 0 Å². The molecule has 4 aromatic rings. The third kappa shape index (κ3) is 2.97. The van der Waals surface area contributed by atoms with Crippen LogP contribution in [-0.4, -0.2) is 41.0 Å². The summed E-state index contributed by atoms with van der Waals surface area (Å²) < 4.78 is 29.9. The minimum Gasteiger partial charge on any atom is -0.342 e. The Labute approximate surface area is 183 Å². The van der Waals surface area contributed by atoms with Crippen molar-refractivity contribution in [1.82, 2.24) is 34.9 Å².